The third kappa shape index (κ3) is 5.85. The van der Waals surface area contributed by atoms with Crippen LogP contribution in [0.2, 0.25) is 0 Å². The van der Waals surface area contributed by atoms with E-state index in [0.717, 1.165) is 49.4 Å². The third-order valence-corrected chi connectivity index (χ3v) is 3.20. The van der Waals surface area contributed by atoms with E-state index in [-0.39, 0.29) is 0 Å². The molecule has 0 amide bonds. The van der Waals surface area contributed by atoms with Crippen LogP contribution in [0.3, 0.4) is 0 Å². The zero-order valence-electron chi connectivity index (χ0n) is 11.2. The average molecular weight is 316 g/mol. The smallest absolute Gasteiger partial charge is 0.133 e. The second kappa shape index (κ2) is 9.36. The number of nitrogens with one attached hydrogen (secondary N) is 1. The van der Waals surface area contributed by atoms with E-state index in [1.54, 1.807) is 7.11 Å². The predicted molar refractivity (Wildman–Crippen MR) is 78.1 cm³/mol. The number of rotatable bonds is 9. The highest BCUT2D eigenvalue weighted by molar-refractivity contribution is 9.10. The van der Waals surface area contributed by atoms with Crippen LogP contribution in [0, 0.1) is 0 Å². The van der Waals surface area contributed by atoms with Gasteiger partial charge in [0.2, 0.25) is 0 Å². The van der Waals surface area contributed by atoms with Crippen LogP contribution in [0.25, 0.3) is 0 Å². The molecule has 18 heavy (non-hydrogen) atoms. The summed E-state index contributed by atoms with van der Waals surface area (Å²) < 4.78 is 11.7. The molecule has 0 saturated carbocycles. The summed E-state index contributed by atoms with van der Waals surface area (Å²) in [6.45, 7) is 5.51. The van der Waals surface area contributed by atoms with E-state index < -0.39 is 0 Å². The molecule has 0 spiro atoms. The topological polar surface area (TPSA) is 30.5 Å². The zero-order valence-corrected chi connectivity index (χ0v) is 12.8. The molecular formula is C14H22BrNO2. The molecule has 0 unspecified atom stereocenters. The lowest BCUT2D eigenvalue weighted by atomic mass is 10.2. The van der Waals surface area contributed by atoms with Crippen LogP contribution in [0.1, 0.15) is 25.3 Å². The van der Waals surface area contributed by atoms with Crippen molar-refractivity contribution in [3.05, 3.63) is 28.2 Å². The van der Waals surface area contributed by atoms with Crippen LogP contribution in [0.5, 0.6) is 5.75 Å². The maximum Gasteiger partial charge on any atom is 0.133 e. The van der Waals surface area contributed by atoms with Crippen molar-refractivity contribution in [1.82, 2.24) is 5.32 Å². The SMILES string of the molecule is CCNCc1ccc(OCCCCOC)c(Br)c1. The normalized spacial score (nSPS) is 10.6. The third-order valence-electron chi connectivity index (χ3n) is 2.58. The van der Waals surface area contributed by atoms with Crippen LogP contribution in [0.4, 0.5) is 0 Å². The molecule has 1 rings (SSSR count). The molecule has 0 bridgehead atoms. The monoisotopic (exact) mass is 315 g/mol. The van der Waals surface area contributed by atoms with Gasteiger partial charge in [-0.25, -0.2) is 0 Å². The van der Waals surface area contributed by atoms with Gasteiger partial charge in [0, 0.05) is 20.3 Å². The number of hydrogen-bond acceptors (Lipinski definition) is 3. The fraction of sp³-hybridized carbons (Fsp3) is 0.571. The highest BCUT2D eigenvalue weighted by atomic mass is 79.9. The van der Waals surface area contributed by atoms with Crippen molar-refractivity contribution < 1.29 is 9.47 Å². The summed E-state index contributed by atoms with van der Waals surface area (Å²) in [5.74, 6) is 0.910. The molecule has 1 aromatic rings. The molecule has 1 N–H and O–H groups in total. The van der Waals surface area contributed by atoms with E-state index in [1.165, 1.54) is 5.56 Å². The number of unbranched alkanes of at least 4 members (excludes halogenated alkanes) is 1. The van der Waals surface area contributed by atoms with Crippen molar-refractivity contribution in [2.75, 3.05) is 26.9 Å². The lowest BCUT2D eigenvalue weighted by Gasteiger charge is -2.10. The molecule has 0 saturated heterocycles. The Hall–Kier alpha value is -0.580. The Morgan fingerprint density at radius 2 is 2.00 bits per heavy atom. The quantitative estimate of drug-likeness (QED) is 0.709. The molecule has 0 fully saturated rings. The van der Waals surface area contributed by atoms with Crippen molar-refractivity contribution in [2.45, 2.75) is 26.3 Å². The molecule has 1 aromatic carbocycles. The summed E-state index contributed by atoms with van der Waals surface area (Å²) in [4.78, 5) is 0. The lowest BCUT2D eigenvalue weighted by molar-refractivity contribution is 0.184. The summed E-state index contributed by atoms with van der Waals surface area (Å²) in [6, 6.07) is 6.22. The van der Waals surface area contributed by atoms with Gasteiger partial charge in [-0.15, -0.1) is 0 Å². The Kier molecular flexibility index (Phi) is 8.05. The Labute approximate surface area is 118 Å². The molecule has 0 radical (unpaired) electrons. The first kappa shape index (κ1) is 15.5. The second-order valence-corrected chi connectivity index (χ2v) is 4.95. The van der Waals surface area contributed by atoms with Gasteiger partial charge in [0.25, 0.3) is 0 Å². The second-order valence-electron chi connectivity index (χ2n) is 4.09. The maximum atomic E-state index is 5.72. The number of hydrogen-bond donors (Lipinski definition) is 1. The van der Waals surface area contributed by atoms with Crippen molar-refractivity contribution in [1.29, 1.82) is 0 Å². The molecule has 0 atom stereocenters. The van der Waals surface area contributed by atoms with E-state index in [1.807, 2.05) is 6.07 Å². The van der Waals surface area contributed by atoms with Crippen molar-refractivity contribution >= 4 is 15.9 Å². The highest BCUT2D eigenvalue weighted by Crippen LogP contribution is 2.26. The van der Waals surface area contributed by atoms with Crippen LogP contribution >= 0.6 is 15.9 Å². The van der Waals surface area contributed by atoms with Crippen molar-refractivity contribution in [3.63, 3.8) is 0 Å². The largest absolute Gasteiger partial charge is 0.492 e. The Morgan fingerprint density at radius 1 is 1.22 bits per heavy atom. The first-order chi connectivity index (χ1) is 8.77. The molecular weight excluding hydrogens is 294 g/mol. The fourth-order valence-corrected chi connectivity index (χ4v) is 2.11. The van der Waals surface area contributed by atoms with Gasteiger partial charge >= 0.3 is 0 Å². The molecule has 3 nitrogen and oxygen atoms in total. The first-order valence-electron chi connectivity index (χ1n) is 6.38. The molecule has 0 heterocycles. The van der Waals surface area contributed by atoms with E-state index in [9.17, 15) is 0 Å². The zero-order chi connectivity index (χ0) is 13.2. The van der Waals surface area contributed by atoms with E-state index in [2.05, 4.69) is 40.3 Å². The minimum Gasteiger partial charge on any atom is -0.492 e. The van der Waals surface area contributed by atoms with E-state index >= 15 is 0 Å². The molecule has 0 aliphatic rings. The van der Waals surface area contributed by atoms with Gasteiger partial charge in [0.1, 0.15) is 5.75 Å². The summed E-state index contributed by atoms with van der Waals surface area (Å²) in [6.07, 6.45) is 2.05. The minimum absolute atomic E-state index is 0.731. The maximum absolute atomic E-state index is 5.72. The number of benzene rings is 1. The molecule has 4 heteroatoms. The van der Waals surface area contributed by atoms with Gasteiger partial charge in [0.15, 0.2) is 0 Å². The van der Waals surface area contributed by atoms with Crippen LogP contribution < -0.4 is 10.1 Å². The Balaban J connectivity index is 2.37. The number of halogens is 1. The van der Waals surface area contributed by atoms with Gasteiger partial charge in [-0.05, 0) is 53.0 Å². The highest BCUT2D eigenvalue weighted by Gasteiger charge is 2.02. The standard InChI is InChI=1S/C14H22BrNO2/c1-3-16-11-12-6-7-14(13(15)10-12)18-9-5-4-8-17-2/h6-7,10,16H,3-5,8-9,11H2,1-2H3. The minimum atomic E-state index is 0.731. The summed E-state index contributed by atoms with van der Waals surface area (Å²) >= 11 is 3.54. The Bertz CT molecular complexity index is 345. The fourth-order valence-electron chi connectivity index (χ4n) is 1.57. The molecule has 0 aromatic heterocycles. The Morgan fingerprint density at radius 3 is 2.67 bits per heavy atom. The van der Waals surface area contributed by atoms with Crippen LogP contribution in [0.15, 0.2) is 22.7 Å². The molecule has 0 aliphatic carbocycles. The summed E-state index contributed by atoms with van der Waals surface area (Å²) in [7, 11) is 1.72. The summed E-state index contributed by atoms with van der Waals surface area (Å²) in [5.41, 5.74) is 1.26. The molecule has 0 aliphatic heterocycles. The predicted octanol–water partition coefficient (Wildman–Crippen LogP) is 3.36. The van der Waals surface area contributed by atoms with Gasteiger partial charge in [0.05, 0.1) is 11.1 Å². The van der Waals surface area contributed by atoms with Crippen LogP contribution in [-0.2, 0) is 11.3 Å². The van der Waals surface area contributed by atoms with E-state index in [4.69, 9.17) is 9.47 Å². The number of methoxy groups -OCH3 is 1. The summed E-state index contributed by atoms with van der Waals surface area (Å²) in [5, 5.41) is 3.30. The molecule has 102 valence electrons. The van der Waals surface area contributed by atoms with E-state index in [0.29, 0.717) is 0 Å². The van der Waals surface area contributed by atoms with Crippen molar-refractivity contribution in [2.24, 2.45) is 0 Å². The van der Waals surface area contributed by atoms with Gasteiger partial charge < -0.3 is 14.8 Å². The lowest BCUT2D eigenvalue weighted by Crippen LogP contribution is -2.11. The van der Waals surface area contributed by atoms with Crippen molar-refractivity contribution in [3.8, 4) is 5.75 Å². The van der Waals surface area contributed by atoms with Gasteiger partial charge in [-0.2, -0.15) is 0 Å². The number of ether oxygens (including phenoxy) is 2. The van der Waals surface area contributed by atoms with Gasteiger partial charge in [-0.1, -0.05) is 13.0 Å². The van der Waals surface area contributed by atoms with Gasteiger partial charge in [-0.3, -0.25) is 0 Å². The average Bonchev–Trinajstić information content (AvgIpc) is 2.38. The first-order valence-corrected chi connectivity index (χ1v) is 7.18. The van der Waals surface area contributed by atoms with Crippen LogP contribution in [-0.4, -0.2) is 26.9 Å².